The van der Waals surface area contributed by atoms with Gasteiger partial charge >= 0.3 is 6.09 Å². The Morgan fingerprint density at radius 2 is 2.14 bits per heavy atom. The molecule has 0 saturated heterocycles. The van der Waals surface area contributed by atoms with Gasteiger partial charge in [0.15, 0.2) is 0 Å². The third-order valence-corrected chi connectivity index (χ3v) is 2.68. The van der Waals surface area contributed by atoms with Crippen molar-refractivity contribution in [2.75, 3.05) is 13.7 Å². The standard InChI is InChI=1S/C14H21FN2O5/c1-14(2,3)22-13(19)17(20)11(5-6-18)10-7-9(15)8-16-12(10)21-4/h7-8,11,18,20H,5-6H2,1-4H3/t11-/m1/s1. The zero-order valence-corrected chi connectivity index (χ0v) is 13.0. The fourth-order valence-corrected chi connectivity index (χ4v) is 1.82. The minimum absolute atomic E-state index is 0.0439. The second kappa shape index (κ2) is 7.37. The van der Waals surface area contributed by atoms with Crippen LogP contribution < -0.4 is 4.74 Å². The van der Waals surface area contributed by atoms with Gasteiger partial charge in [0.25, 0.3) is 0 Å². The van der Waals surface area contributed by atoms with Gasteiger partial charge in [-0.15, -0.1) is 0 Å². The normalized spacial score (nSPS) is 12.7. The van der Waals surface area contributed by atoms with Crippen LogP contribution in [0.4, 0.5) is 9.18 Å². The molecule has 22 heavy (non-hydrogen) atoms. The van der Waals surface area contributed by atoms with Crippen LogP contribution in [0.1, 0.15) is 38.8 Å². The highest BCUT2D eigenvalue weighted by molar-refractivity contribution is 5.67. The van der Waals surface area contributed by atoms with Gasteiger partial charge in [-0.3, -0.25) is 5.21 Å². The van der Waals surface area contributed by atoms with Crippen molar-refractivity contribution >= 4 is 6.09 Å². The minimum atomic E-state index is -1.06. The lowest BCUT2D eigenvalue weighted by Crippen LogP contribution is -2.37. The topological polar surface area (TPSA) is 92.1 Å². The number of aromatic nitrogens is 1. The molecular weight excluding hydrogens is 295 g/mol. The molecule has 0 aliphatic rings. The van der Waals surface area contributed by atoms with Crippen LogP contribution in [0, 0.1) is 5.82 Å². The van der Waals surface area contributed by atoms with Gasteiger partial charge in [-0.25, -0.2) is 14.2 Å². The molecule has 1 aromatic rings. The van der Waals surface area contributed by atoms with Gasteiger partial charge in [-0.05, 0) is 33.3 Å². The van der Waals surface area contributed by atoms with Crippen molar-refractivity contribution in [1.82, 2.24) is 10.0 Å². The third-order valence-electron chi connectivity index (χ3n) is 2.68. The van der Waals surface area contributed by atoms with E-state index in [0.717, 1.165) is 12.3 Å². The van der Waals surface area contributed by atoms with Gasteiger partial charge in [0.05, 0.1) is 19.3 Å². The van der Waals surface area contributed by atoms with Crippen molar-refractivity contribution < 1.29 is 29.0 Å². The number of carbonyl (C=O) groups excluding carboxylic acids is 1. The molecule has 8 heteroatoms. The van der Waals surface area contributed by atoms with Crippen LogP contribution in [-0.4, -0.2) is 45.8 Å². The number of aliphatic hydroxyl groups excluding tert-OH is 1. The van der Waals surface area contributed by atoms with Crippen molar-refractivity contribution in [1.29, 1.82) is 0 Å². The Bertz CT molecular complexity index is 518. The van der Waals surface area contributed by atoms with Gasteiger partial charge in [-0.2, -0.15) is 5.06 Å². The molecule has 0 radical (unpaired) electrons. The number of rotatable bonds is 5. The quantitative estimate of drug-likeness (QED) is 0.639. The van der Waals surface area contributed by atoms with E-state index in [1.165, 1.54) is 7.11 Å². The Balaban J connectivity index is 3.12. The molecule has 1 atom stereocenters. The Labute approximate surface area is 128 Å². The Morgan fingerprint density at radius 3 is 2.64 bits per heavy atom. The molecule has 0 bridgehead atoms. The Hall–Kier alpha value is -1.93. The van der Waals surface area contributed by atoms with E-state index in [4.69, 9.17) is 14.6 Å². The molecule has 2 N–H and O–H groups in total. The molecule has 124 valence electrons. The molecule has 1 heterocycles. The van der Waals surface area contributed by atoms with Crippen LogP contribution in [0.2, 0.25) is 0 Å². The maximum atomic E-state index is 13.4. The van der Waals surface area contributed by atoms with E-state index in [0.29, 0.717) is 5.06 Å². The average molecular weight is 316 g/mol. The summed E-state index contributed by atoms with van der Waals surface area (Å²) >= 11 is 0. The summed E-state index contributed by atoms with van der Waals surface area (Å²) in [6, 6.07) is 0.0257. The van der Waals surface area contributed by atoms with Crippen molar-refractivity contribution in [3.05, 3.63) is 23.6 Å². The minimum Gasteiger partial charge on any atom is -0.481 e. The summed E-state index contributed by atoms with van der Waals surface area (Å²) in [5.74, 6) is -0.612. The van der Waals surface area contributed by atoms with Crippen molar-refractivity contribution in [3.63, 3.8) is 0 Å². The Morgan fingerprint density at radius 1 is 1.50 bits per heavy atom. The van der Waals surface area contributed by atoms with Crippen LogP contribution in [-0.2, 0) is 4.74 Å². The summed E-state index contributed by atoms with van der Waals surface area (Å²) in [5, 5.41) is 19.5. The molecule has 0 aliphatic carbocycles. The molecule has 1 aromatic heterocycles. The largest absolute Gasteiger partial charge is 0.481 e. The predicted octanol–water partition coefficient (Wildman–Crippen LogP) is 2.28. The maximum Gasteiger partial charge on any atom is 0.434 e. The number of ether oxygens (including phenoxy) is 2. The summed E-state index contributed by atoms with van der Waals surface area (Å²) in [6.45, 7) is 4.59. The highest BCUT2D eigenvalue weighted by Crippen LogP contribution is 2.30. The van der Waals surface area contributed by atoms with Gasteiger partial charge in [-0.1, -0.05) is 0 Å². The second-order valence-corrected chi connectivity index (χ2v) is 5.61. The van der Waals surface area contributed by atoms with Gasteiger partial charge < -0.3 is 14.6 Å². The molecule has 0 unspecified atom stereocenters. The number of hydrogen-bond donors (Lipinski definition) is 2. The number of amides is 1. The lowest BCUT2D eigenvalue weighted by Gasteiger charge is -2.29. The number of methoxy groups -OCH3 is 1. The first-order valence-electron chi connectivity index (χ1n) is 6.71. The molecule has 0 aromatic carbocycles. The fraction of sp³-hybridized carbons (Fsp3) is 0.571. The van der Waals surface area contributed by atoms with Crippen LogP contribution >= 0.6 is 0 Å². The first-order valence-corrected chi connectivity index (χ1v) is 6.71. The molecule has 0 spiro atoms. The molecule has 0 aliphatic heterocycles. The first-order chi connectivity index (χ1) is 10.2. The lowest BCUT2D eigenvalue weighted by molar-refractivity contribution is -0.125. The zero-order chi connectivity index (χ0) is 16.9. The number of halogens is 1. The van der Waals surface area contributed by atoms with Gasteiger partial charge in [0.1, 0.15) is 11.4 Å². The smallest absolute Gasteiger partial charge is 0.434 e. The zero-order valence-electron chi connectivity index (χ0n) is 13.0. The number of pyridine rings is 1. The first kappa shape index (κ1) is 18.1. The van der Waals surface area contributed by atoms with Gasteiger partial charge in [0, 0.05) is 12.2 Å². The average Bonchev–Trinajstić information content (AvgIpc) is 2.42. The molecular formula is C14H21FN2O5. The molecule has 7 nitrogen and oxygen atoms in total. The maximum absolute atomic E-state index is 13.4. The second-order valence-electron chi connectivity index (χ2n) is 5.61. The van der Waals surface area contributed by atoms with E-state index >= 15 is 0 Å². The molecule has 1 amide bonds. The van der Waals surface area contributed by atoms with Crippen LogP contribution in [0.3, 0.4) is 0 Å². The highest BCUT2D eigenvalue weighted by atomic mass is 19.1. The summed E-state index contributed by atoms with van der Waals surface area (Å²) in [4.78, 5) is 15.7. The number of nitrogens with zero attached hydrogens (tertiary/aromatic N) is 2. The summed E-state index contributed by atoms with van der Waals surface area (Å²) < 4.78 is 23.5. The summed E-state index contributed by atoms with van der Waals surface area (Å²) in [5.41, 5.74) is -0.684. The number of hydrogen-bond acceptors (Lipinski definition) is 6. The predicted molar refractivity (Wildman–Crippen MR) is 75.1 cm³/mol. The molecule has 1 rings (SSSR count). The van der Waals surface area contributed by atoms with Gasteiger partial charge in [0.2, 0.25) is 5.88 Å². The third kappa shape index (κ3) is 4.81. The molecule has 0 fully saturated rings. The number of carbonyl (C=O) groups is 1. The van der Waals surface area contributed by atoms with E-state index in [-0.39, 0.29) is 24.5 Å². The van der Waals surface area contributed by atoms with Crippen molar-refractivity contribution in [2.24, 2.45) is 0 Å². The highest BCUT2D eigenvalue weighted by Gasteiger charge is 2.30. The van der Waals surface area contributed by atoms with E-state index in [2.05, 4.69) is 4.98 Å². The lowest BCUT2D eigenvalue weighted by atomic mass is 10.1. The summed E-state index contributed by atoms with van der Waals surface area (Å²) in [7, 11) is 1.33. The number of aliphatic hydroxyl groups is 1. The van der Waals surface area contributed by atoms with Crippen LogP contribution in [0.15, 0.2) is 12.3 Å². The van der Waals surface area contributed by atoms with Crippen molar-refractivity contribution in [3.8, 4) is 5.88 Å². The Kier molecular flexibility index (Phi) is 6.07. The van der Waals surface area contributed by atoms with Crippen molar-refractivity contribution in [2.45, 2.75) is 38.8 Å². The van der Waals surface area contributed by atoms with Crippen LogP contribution in [0.5, 0.6) is 5.88 Å². The molecule has 0 saturated carbocycles. The van der Waals surface area contributed by atoms with E-state index < -0.39 is 23.6 Å². The van der Waals surface area contributed by atoms with Crippen LogP contribution in [0.25, 0.3) is 0 Å². The number of hydroxylamine groups is 2. The fourth-order valence-electron chi connectivity index (χ4n) is 1.82. The van der Waals surface area contributed by atoms with E-state index in [1.54, 1.807) is 20.8 Å². The monoisotopic (exact) mass is 316 g/mol. The summed E-state index contributed by atoms with van der Waals surface area (Å²) in [6.07, 6.45) is -0.109. The SMILES string of the molecule is COc1ncc(F)cc1[C@@H](CCO)N(O)C(=O)OC(C)(C)C. The van der Waals surface area contributed by atoms with E-state index in [1.807, 2.05) is 0 Å². The van der Waals surface area contributed by atoms with E-state index in [9.17, 15) is 14.4 Å².